The Balaban J connectivity index is 0.000000633. The number of nitrogens with one attached hydrogen (secondary N) is 1. The number of phosphoric acid groups is 1. The Morgan fingerprint density at radius 1 is 1.09 bits per heavy atom. The van der Waals surface area contributed by atoms with Gasteiger partial charge in [-0.05, 0) is 62.2 Å². The van der Waals surface area contributed by atoms with E-state index in [-0.39, 0.29) is 25.0 Å². The predicted octanol–water partition coefficient (Wildman–Crippen LogP) is 2.23. The van der Waals surface area contributed by atoms with E-state index in [1.54, 1.807) is 36.4 Å². The van der Waals surface area contributed by atoms with Gasteiger partial charge in [-0.15, -0.1) is 0 Å². The monoisotopic (exact) mass is 471 g/mol. The summed E-state index contributed by atoms with van der Waals surface area (Å²) in [6, 6.07) is 13.6. The molecule has 6 N–H and O–H groups in total. The first kappa shape index (κ1) is 27.6. The molecule has 0 saturated carbocycles. The van der Waals surface area contributed by atoms with Gasteiger partial charge in [0.25, 0.3) is 0 Å². The molecule has 0 spiro atoms. The molecule has 0 aliphatic rings. The molecule has 0 aliphatic carbocycles. The van der Waals surface area contributed by atoms with Crippen LogP contribution in [0.2, 0.25) is 0 Å². The number of aromatic hydroxyl groups is 1. The highest BCUT2D eigenvalue weighted by Gasteiger charge is 2.15. The Bertz CT molecular complexity index is 853. The van der Waals surface area contributed by atoms with E-state index in [4.69, 9.17) is 19.6 Å². The molecule has 2 aromatic rings. The number of benzene rings is 2. The highest BCUT2D eigenvalue weighted by Crippen LogP contribution is 2.34. The van der Waals surface area contributed by atoms with Gasteiger partial charge in [0, 0.05) is 6.04 Å². The molecule has 2 rings (SSSR count). The van der Waals surface area contributed by atoms with Gasteiger partial charge >= 0.3 is 13.8 Å². The van der Waals surface area contributed by atoms with E-state index in [0.717, 1.165) is 17.5 Å². The van der Waals surface area contributed by atoms with Crippen LogP contribution >= 0.6 is 7.82 Å². The van der Waals surface area contributed by atoms with Crippen LogP contribution in [0.1, 0.15) is 31.1 Å². The van der Waals surface area contributed by atoms with Gasteiger partial charge in [-0.1, -0.05) is 24.3 Å². The van der Waals surface area contributed by atoms with Crippen molar-refractivity contribution < 1.29 is 43.7 Å². The average molecular weight is 471 g/mol. The lowest BCUT2D eigenvalue weighted by Crippen LogP contribution is -2.33. The van der Waals surface area contributed by atoms with E-state index in [0.29, 0.717) is 12.3 Å². The maximum absolute atomic E-state index is 10.5. The third kappa shape index (κ3) is 11.8. The van der Waals surface area contributed by atoms with Crippen LogP contribution in [0.25, 0.3) is 0 Å². The summed E-state index contributed by atoms with van der Waals surface area (Å²) < 4.78 is 18.7. The molecule has 32 heavy (non-hydrogen) atoms. The molecule has 178 valence electrons. The number of aliphatic carboxylic acids is 1. The van der Waals surface area contributed by atoms with E-state index < -0.39 is 19.9 Å². The molecular formula is C21H30NO9P. The van der Waals surface area contributed by atoms with Gasteiger partial charge in [-0.2, -0.15) is 0 Å². The molecule has 10 nitrogen and oxygen atoms in total. The minimum atomic E-state index is -4.17. The normalized spacial score (nSPS) is 12.9. The first-order valence-corrected chi connectivity index (χ1v) is 11.4. The Hall–Kier alpha value is -2.46. The van der Waals surface area contributed by atoms with Gasteiger partial charge in [-0.3, -0.25) is 4.52 Å². The second-order valence-electron chi connectivity index (χ2n) is 6.76. The van der Waals surface area contributed by atoms with Crippen LogP contribution in [0.4, 0.5) is 0 Å². The van der Waals surface area contributed by atoms with Gasteiger partial charge in [-0.25, -0.2) is 9.36 Å². The first-order valence-electron chi connectivity index (χ1n) is 9.85. The predicted molar refractivity (Wildman–Crippen MR) is 117 cm³/mol. The molecule has 0 saturated heterocycles. The van der Waals surface area contributed by atoms with Crippen molar-refractivity contribution in [1.29, 1.82) is 0 Å². The lowest BCUT2D eigenvalue weighted by molar-refractivity contribution is -0.139. The molecule has 11 heteroatoms. The molecule has 0 heterocycles. The molecule has 0 aromatic heterocycles. The van der Waals surface area contributed by atoms with Crippen molar-refractivity contribution in [2.45, 2.75) is 32.4 Å². The standard InChI is InChI=1S/C19H23NO5.C2H7O4P/c1-13(19(24)15-4-6-16(21)7-5-15)20-11-10-14-2-8-17(9-3-14)25-12-18(22)23;1-2-6-7(3,4)5/h2-9,13,19-21,24H,10-12H2,1H3,(H,22,23);2H2,1H3,(H2,3,4,5)/t13-,19-;/m0./s1. The number of carboxylic acids is 1. The highest BCUT2D eigenvalue weighted by atomic mass is 31.2. The number of carboxylic acid groups (broad SMARTS) is 1. The molecule has 0 radical (unpaired) electrons. The third-order valence-electron chi connectivity index (χ3n) is 4.17. The fraction of sp³-hybridized carbons (Fsp3) is 0.381. The van der Waals surface area contributed by atoms with E-state index in [1.165, 1.54) is 6.92 Å². The largest absolute Gasteiger partial charge is 0.508 e. The second-order valence-corrected chi connectivity index (χ2v) is 8.00. The Labute approximate surface area is 186 Å². The first-order chi connectivity index (χ1) is 15.0. The minimum absolute atomic E-state index is 0.0459. The maximum Gasteiger partial charge on any atom is 0.469 e. The van der Waals surface area contributed by atoms with Crippen molar-refractivity contribution in [2.75, 3.05) is 19.8 Å². The molecule has 2 atom stereocenters. The Morgan fingerprint density at radius 3 is 2.16 bits per heavy atom. The third-order valence-corrected chi connectivity index (χ3v) is 4.77. The van der Waals surface area contributed by atoms with Crippen LogP contribution in [0, 0.1) is 0 Å². The average Bonchev–Trinajstić information content (AvgIpc) is 2.72. The van der Waals surface area contributed by atoms with Gasteiger partial charge in [0.05, 0.1) is 12.7 Å². The topological polar surface area (TPSA) is 166 Å². The van der Waals surface area contributed by atoms with E-state index in [2.05, 4.69) is 9.84 Å². The molecule has 0 bridgehead atoms. The zero-order valence-electron chi connectivity index (χ0n) is 17.9. The summed E-state index contributed by atoms with van der Waals surface area (Å²) in [4.78, 5) is 26.3. The number of carbonyl (C=O) groups is 1. The van der Waals surface area contributed by atoms with Crippen molar-refractivity contribution in [3.63, 3.8) is 0 Å². The molecule has 0 aliphatic heterocycles. The number of hydrogen-bond donors (Lipinski definition) is 6. The van der Waals surface area contributed by atoms with Gasteiger partial charge < -0.3 is 35.2 Å². The van der Waals surface area contributed by atoms with Gasteiger partial charge in [0.2, 0.25) is 0 Å². The summed E-state index contributed by atoms with van der Waals surface area (Å²) in [5.41, 5.74) is 1.83. The minimum Gasteiger partial charge on any atom is -0.508 e. The molecule has 0 amide bonds. The fourth-order valence-electron chi connectivity index (χ4n) is 2.58. The summed E-state index contributed by atoms with van der Waals surface area (Å²) in [7, 11) is -4.17. The summed E-state index contributed by atoms with van der Waals surface area (Å²) in [5, 5.41) is 31.4. The number of aliphatic hydroxyl groups excluding tert-OH is 1. The fourth-order valence-corrected chi connectivity index (χ4v) is 2.92. The highest BCUT2D eigenvalue weighted by molar-refractivity contribution is 7.46. The maximum atomic E-state index is 10.5. The van der Waals surface area contributed by atoms with Crippen LogP contribution in [0.15, 0.2) is 48.5 Å². The van der Waals surface area contributed by atoms with Crippen molar-refractivity contribution in [2.24, 2.45) is 0 Å². The Kier molecular flexibility index (Phi) is 11.9. The summed E-state index contributed by atoms with van der Waals surface area (Å²) in [6.07, 6.45) is 0.110. The van der Waals surface area contributed by atoms with E-state index in [1.807, 2.05) is 19.1 Å². The Morgan fingerprint density at radius 2 is 1.69 bits per heavy atom. The zero-order chi connectivity index (χ0) is 24.1. The SMILES string of the molecule is CCOP(=O)(O)O.C[C@H](NCCc1ccc(OCC(=O)O)cc1)[C@H](O)c1ccc(O)cc1. The summed E-state index contributed by atoms with van der Waals surface area (Å²) in [6.45, 7) is 3.79. The van der Waals surface area contributed by atoms with Crippen LogP contribution in [-0.4, -0.2) is 56.9 Å². The van der Waals surface area contributed by atoms with Gasteiger partial charge in [0.15, 0.2) is 6.61 Å². The second kappa shape index (κ2) is 13.8. The molecule has 2 aromatic carbocycles. The van der Waals surface area contributed by atoms with E-state index >= 15 is 0 Å². The van der Waals surface area contributed by atoms with Crippen LogP contribution in [0.3, 0.4) is 0 Å². The van der Waals surface area contributed by atoms with Crippen LogP contribution in [-0.2, 0) is 20.3 Å². The number of rotatable bonds is 11. The van der Waals surface area contributed by atoms with Crippen molar-refractivity contribution in [3.05, 3.63) is 59.7 Å². The van der Waals surface area contributed by atoms with Crippen LogP contribution in [0.5, 0.6) is 11.5 Å². The number of phosphoric ester groups is 1. The molecule has 0 fully saturated rings. The van der Waals surface area contributed by atoms with Gasteiger partial charge in [0.1, 0.15) is 11.5 Å². The number of phenols is 1. The smallest absolute Gasteiger partial charge is 0.469 e. The zero-order valence-corrected chi connectivity index (χ0v) is 18.8. The van der Waals surface area contributed by atoms with E-state index in [9.17, 15) is 19.6 Å². The number of ether oxygens (including phenoxy) is 1. The number of aliphatic hydroxyl groups is 1. The molecular weight excluding hydrogens is 441 g/mol. The molecule has 0 unspecified atom stereocenters. The number of phenolic OH excluding ortho intramolecular Hbond substituents is 1. The summed E-state index contributed by atoms with van der Waals surface area (Å²) >= 11 is 0. The number of hydrogen-bond acceptors (Lipinski definition) is 7. The quantitative estimate of drug-likeness (QED) is 0.268. The van der Waals surface area contributed by atoms with Crippen molar-refractivity contribution in [1.82, 2.24) is 5.32 Å². The lowest BCUT2D eigenvalue weighted by atomic mass is 10.0. The lowest BCUT2D eigenvalue weighted by Gasteiger charge is -2.20. The van der Waals surface area contributed by atoms with Crippen molar-refractivity contribution >= 4 is 13.8 Å². The summed E-state index contributed by atoms with van der Waals surface area (Å²) in [5.74, 6) is -0.308. The van der Waals surface area contributed by atoms with Crippen LogP contribution < -0.4 is 10.1 Å². The van der Waals surface area contributed by atoms with Crippen molar-refractivity contribution in [3.8, 4) is 11.5 Å².